The SMILES string of the molecule is C=C(C)c1cc(OCC2CCOCC2)cc(C(=C)S/C(C)=C\C)c1. The maximum atomic E-state index is 6.10. The van der Waals surface area contributed by atoms with Gasteiger partial charge in [-0.05, 0) is 73.8 Å². The lowest BCUT2D eigenvalue weighted by molar-refractivity contribution is 0.0497. The van der Waals surface area contributed by atoms with Crippen molar-refractivity contribution in [2.75, 3.05) is 19.8 Å². The van der Waals surface area contributed by atoms with Crippen molar-refractivity contribution in [1.82, 2.24) is 0 Å². The maximum absolute atomic E-state index is 6.10. The number of rotatable bonds is 7. The minimum Gasteiger partial charge on any atom is -0.493 e. The largest absolute Gasteiger partial charge is 0.493 e. The van der Waals surface area contributed by atoms with Crippen molar-refractivity contribution in [3.8, 4) is 5.75 Å². The van der Waals surface area contributed by atoms with E-state index in [1.54, 1.807) is 11.8 Å². The highest BCUT2D eigenvalue weighted by Gasteiger charge is 2.15. The quantitative estimate of drug-likeness (QED) is 0.591. The molecule has 3 heteroatoms. The molecule has 2 rings (SSSR count). The van der Waals surface area contributed by atoms with Crippen LogP contribution in [0.3, 0.4) is 0 Å². The van der Waals surface area contributed by atoms with Gasteiger partial charge in [0.25, 0.3) is 0 Å². The molecule has 0 aliphatic carbocycles. The van der Waals surface area contributed by atoms with Crippen LogP contribution in [0.15, 0.2) is 42.3 Å². The number of ether oxygens (including phenoxy) is 2. The van der Waals surface area contributed by atoms with Crippen LogP contribution in [-0.2, 0) is 4.74 Å². The first-order chi connectivity index (χ1) is 11.5. The summed E-state index contributed by atoms with van der Waals surface area (Å²) in [6, 6.07) is 6.30. The van der Waals surface area contributed by atoms with Crippen molar-refractivity contribution in [3.05, 3.63) is 53.5 Å². The second kappa shape index (κ2) is 9.14. The molecule has 1 aromatic carbocycles. The molecule has 0 N–H and O–H groups in total. The van der Waals surface area contributed by atoms with Gasteiger partial charge in [0, 0.05) is 18.1 Å². The van der Waals surface area contributed by atoms with Crippen LogP contribution >= 0.6 is 11.8 Å². The van der Waals surface area contributed by atoms with Crippen molar-refractivity contribution in [3.63, 3.8) is 0 Å². The summed E-state index contributed by atoms with van der Waals surface area (Å²) in [5, 5.41) is 0. The smallest absolute Gasteiger partial charge is 0.120 e. The lowest BCUT2D eigenvalue weighted by Crippen LogP contribution is -2.21. The molecule has 0 bridgehead atoms. The van der Waals surface area contributed by atoms with Crippen LogP contribution < -0.4 is 4.74 Å². The lowest BCUT2D eigenvalue weighted by Gasteiger charge is -2.22. The first-order valence-electron chi connectivity index (χ1n) is 8.51. The summed E-state index contributed by atoms with van der Waals surface area (Å²) in [6.45, 7) is 16.9. The molecule has 1 aliphatic heterocycles. The molecule has 1 aliphatic rings. The van der Waals surface area contributed by atoms with E-state index in [0.717, 1.165) is 60.0 Å². The highest BCUT2D eigenvalue weighted by atomic mass is 32.2. The minimum atomic E-state index is 0.582. The van der Waals surface area contributed by atoms with Crippen LogP contribution in [0.25, 0.3) is 10.5 Å². The molecule has 0 spiro atoms. The Morgan fingerprint density at radius 3 is 2.50 bits per heavy atom. The summed E-state index contributed by atoms with van der Waals surface area (Å²) in [4.78, 5) is 2.27. The second-order valence-electron chi connectivity index (χ2n) is 6.32. The van der Waals surface area contributed by atoms with Crippen LogP contribution in [0.5, 0.6) is 5.75 Å². The summed E-state index contributed by atoms with van der Waals surface area (Å²) in [5.74, 6) is 1.48. The zero-order chi connectivity index (χ0) is 17.5. The first kappa shape index (κ1) is 18.9. The summed E-state index contributed by atoms with van der Waals surface area (Å²) >= 11 is 1.69. The van der Waals surface area contributed by atoms with Crippen LogP contribution in [0.1, 0.15) is 44.7 Å². The molecule has 0 saturated carbocycles. The van der Waals surface area contributed by atoms with Crippen LogP contribution in [0.4, 0.5) is 0 Å². The topological polar surface area (TPSA) is 18.5 Å². The third kappa shape index (κ3) is 5.57. The van der Waals surface area contributed by atoms with Gasteiger partial charge in [-0.15, -0.1) is 0 Å². The van der Waals surface area contributed by atoms with E-state index in [9.17, 15) is 0 Å². The van der Waals surface area contributed by atoms with E-state index in [0.29, 0.717) is 5.92 Å². The Morgan fingerprint density at radius 2 is 1.88 bits per heavy atom. The molecule has 1 heterocycles. The molecule has 1 aromatic rings. The van der Waals surface area contributed by atoms with Gasteiger partial charge in [-0.1, -0.05) is 36.6 Å². The van der Waals surface area contributed by atoms with E-state index in [4.69, 9.17) is 9.47 Å². The third-order valence-electron chi connectivity index (χ3n) is 4.24. The van der Waals surface area contributed by atoms with Crippen LogP contribution in [-0.4, -0.2) is 19.8 Å². The van der Waals surface area contributed by atoms with Gasteiger partial charge in [0.2, 0.25) is 0 Å². The Hall–Kier alpha value is -1.45. The van der Waals surface area contributed by atoms with Gasteiger partial charge >= 0.3 is 0 Å². The minimum absolute atomic E-state index is 0.582. The van der Waals surface area contributed by atoms with Crippen molar-refractivity contribution >= 4 is 22.2 Å². The molecule has 0 radical (unpaired) electrons. The molecule has 130 valence electrons. The van der Waals surface area contributed by atoms with E-state index in [2.05, 4.69) is 44.4 Å². The van der Waals surface area contributed by atoms with Gasteiger partial charge in [-0.2, -0.15) is 0 Å². The van der Waals surface area contributed by atoms with E-state index < -0.39 is 0 Å². The van der Waals surface area contributed by atoms with Crippen molar-refractivity contribution in [2.45, 2.75) is 33.6 Å². The van der Waals surface area contributed by atoms with Crippen molar-refractivity contribution in [1.29, 1.82) is 0 Å². The van der Waals surface area contributed by atoms with Gasteiger partial charge in [-0.25, -0.2) is 0 Å². The molecule has 24 heavy (non-hydrogen) atoms. The Balaban J connectivity index is 2.14. The standard InChI is InChI=1S/C21H28O2S/c1-6-16(4)24-17(5)20-11-19(15(2)3)12-21(13-20)23-14-18-7-9-22-10-8-18/h6,11-13,18H,2,5,7-10,14H2,1,3-4H3/b16-6-. The van der Waals surface area contributed by atoms with Crippen molar-refractivity contribution in [2.24, 2.45) is 5.92 Å². The van der Waals surface area contributed by atoms with Gasteiger partial charge in [0.1, 0.15) is 5.75 Å². The Labute approximate surface area is 150 Å². The van der Waals surface area contributed by atoms with Crippen molar-refractivity contribution < 1.29 is 9.47 Å². The second-order valence-corrected chi connectivity index (χ2v) is 7.66. The zero-order valence-electron chi connectivity index (χ0n) is 15.1. The fraction of sp³-hybridized carbons (Fsp3) is 0.429. The zero-order valence-corrected chi connectivity index (χ0v) is 15.9. The average Bonchev–Trinajstić information content (AvgIpc) is 2.60. The van der Waals surface area contributed by atoms with Gasteiger partial charge < -0.3 is 9.47 Å². The highest BCUT2D eigenvalue weighted by molar-refractivity contribution is 8.11. The van der Waals surface area contributed by atoms with E-state index in [1.807, 2.05) is 13.8 Å². The maximum Gasteiger partial charge on any atom is 0.120 e. The lowest BCUT2D eigenvalue weighted by atomic mass is 10.0. The predicted molar refractivity (Wildman–Crippen MR) is 106 cm³/mol. The number of hydrogen-bond donors (Lipinski definition) is 0. The summed E-state index contributed by atoms with van der Waals surface area (Å²) < 4.78 is 11.5. The van der Waals surface area contributed by atoms with Gasteiger partial charge in [-0.3, -0.25) is 0 Å². The average molecular weight is 345 g/mol. The summed E-state index contributed by atoms with van der Waals surface area (Å²) in [6.07, 6.45) is 4.26. The van der Waals surface area contributed by atoms with E-state index >= 15 is 0 Å². The Kier molecular flexibility index (Phi) is 7.19. The Bertz CT molecular complexity index is 625. The highest BCUT2D eigenvalue weighted by Crippen LogP contribution is 2.35. The molecule has 0 unspecified atom stereocenters. The summed E-state index contributed by atoms with van der Waals surface area (Å²) in [7, 11) is 0. The fourth-order valence-electron chi connectivity index (χ4n) is 2.53. The summed E-state index contributed by atoms with van der Waals surface area (Å²) in [5.41, 5.74) is 3.24. The molecule has 2 nitrogen and oxygen atoms in total. The molecule has 0 aromatic heterocycles. The number of benzene rings is 1. The van der Waals surface area contributed by atoms with E-state index in [1.165, 1.54) is 4.91 Å². The fourth-order valence-corrected chi connectivity index (χ4v) is 3.27. The van der Waals surface area contributed by atoms with E-state index in [-0.39, 0.29) is 0 Å². The van der Waals surface area contributed by atoms with Gasteiger partial charge in [0.05, 0.1) is 6.61 Å². The molecule has 1 saturated heterocycles. The van der Waals surface area contributed by atoms with Crippen LogP contribution in [0, 0.1) is 5.92 Å². The number of thioether (sulfide) groups is 1. The monoisotopic (exact) mass is 344 g/mol. The number of hydrogen-bond acceptors (Lipinski definition) is 3. The number of allylic oxidation sites excluding steroid dienone is 3. The predicted octanol–water partition coefficient (Wildman–Crippen LogP) is 6.15. The molecular weight excluding hydrogens is 316 g/mol. The molecule has 0 amide bonds. The third-order valence-corrected chi connectivity index (χ3v) is 5.28. The first-order valence-corrected chi connectivity index (χ1v) is 9.32. The molecule has 1 fully saturated rings. The van der Waals surface area contributed by atoms with Crippen LogP contribution in [0.2, 0.25) is 0 Å². The molecule has 0 atom stereocenters. The molecular formula is C21H28O2S. The Morgan fingerprint density at radius 1 is 1.21 bits per heavy atom. The van der Waals surface area contributed by atoms with Gasteiger partial charge in [0.15, 0.2) is 0 Å². The normalized spacial score (nSPS) is 16.0.